The molecule has 2 aromatic carbocycles. The number of ether oxygens (including phenoxy) is 1. The Morgan fingerprint density at radius 1 is 1.00 bits per heavy atom. The lowest BCUT2D eigenvalue weighted by atomic mass is 10.1. The topological polar surface area (TPSA) is 21.3 Å². The van der Waals surface area contributed by atoms with Gasteiger partial charge >= 0.3 is 0 Å². The quantitative estimate of drug-likeness (QED) is 0.722. The molecule has 0 radical (unpaired) electrons. The van der Waals surface area contributed by atoms with Crippen LogP contribution in [0.3, 0.4) is 0 Å². The van der Waals surface area contributed by atoms with Crippen molar-refractivity contribution in [2.24, 2.45) is 0 Å². The highest BCUT2D eigenvalue weighted by Gasteiger charge is 1.98. The van der Waals surface area contributed by atoms with E-state index in [0.29, 0.717) is 6.61 Å². The van der Waals surface area contributed by atoms with Gasteiger partial charge in [0.1, 0.15) is 12.4 Å². The Bertz CT molecular complexity index is 534. The Hall–Kier alpha value is -1.80. The van der Waals surface area contributed by atoms with E-state index < -0.39 is 0 Å². The van der Waals surface area contributed by atoms with Crippen LogP contribution in [-0.2, 0) is 13.2 Å². The van der Waals surface area contributed by atoms with Gasteiger partial charge in [-0.2, -0.15) is 0 Å². The predicted molar refractivity (Wildman–Crippen MR) is 88.6 cm³/mol. The molecule has 21 heavy (non-hydrogen) atoms. The lowest BCUT2D eigenvalue weighted by Crippen LogP contribution is -2.14. The molecule has 0 spiro atoms. The molecule has 2 nitrogen and oxygen atoms in total. The van der Waals surface area contributed by atoms with Gasteiger partial charge in [0.15, 0.2) is 0 Å². The number of unbranched alkanes of at least 4 members (excludes halogenated alkanes) is 1. The third-order valence-electron chi connectivity index (χ3n) is 3.46. The first-order chi connectivity index (χ1) is 10.3. The molecular formula is C19H25NO. The maximum absolute atomic E-state index is 5.87. The molecule has 0 saturated heterocycles. The summed E-state index contributed by atoms with van der Waals surface area (Å²) >= 11 is 0. The van der Waals surface area contributed by atoms with Crippen molar-refractivity contribution in [1.82, 2.24) is 5.32 Å². The molecule has 0 fully saturated rings. The van der Waals surface area contributed by atoms with E-state index in [9.17, 15) is 0 Å². The van der Waals surface area contributed by atoms with E-state index in [-0.39, 0.29) is 0 Å². The van der Waals surface area contributed by atoms with Gasteiger partial charge in [0.2, 0.25) is 0 Å². The lowest BCUT2D eigenvalue weighted by molar-refractivity contribution is 0.306. The van der Waals surface area contributed by atoms with Gasteiger partial charge in [-0.25, -0.2) is 0 Å². The van der Waals surface area contributed by atoms with Crippen LogP contribution in [0.25, 0.3) is 0 Å². The number of benzene rings is 2. The Labute approximate surface area is 128 Å². The number of hydrogen-bond donors (Lipinski definition) is 1. The van der Waals surface area contributed by atoms with E-state index in [2.05, 4.69) is 61.6 Å². The minimum Gasteiger partial charge on any atom is -0.489 e. The normalized spacial score (nSPS) is 10.6. The van der Waals surface area contributed by atoms with E-state index in [1.54, 1.807) is 0 Å². The number of rotatable bonds is 8. The zero-order chi connectivity index (χ0) is 14.9. The smallest absolute Gasteiger partial charge is 0.120 e. The van der Waals surface area contributed by atoms with Gasteiger partial charge in [-0.1, -0.05) is 55.3 Å². The van der Waals surface area contributed by atoms with Crippen molar-refractivity contribution < 1.29 is 4.74 Å². The van der Waals surface area contributed by atoms with Crippen molar-refractivity contribution in [2.45, 2.75) is 39.8 Å². The third kappa shape index (κ3) is 5.60. The molecule has 2 aromatic rings. The predicted octanol–water partition coefficient (Wildman–Crippen LogP) is 4.46. The summed E-state index contributed by atoms with van der Waals surface area (Å²) in [6.07, 6.45) is 2.45. The van der Waals surface area contributed by atoms with E-state index in [4.69, 9.17) is 4.74 Å². The van der Waals surface area contributed by atoms with Crippen LogP contribution < -0.4 is 10.1 Å². The average Bonchev–Trinajstić information content (AvgIpc) is 2.52. The number of nitrogens with one attached hydrogen (secondary N) is 1. The Balaban J connectivity index is 1.84. The summed E-state index contributed by atoms with van der Waals surface area (Å²) in [4.78, 5) is 0. The lowest BCUT2D eigenvalue weighted by Gasteiger charge is -2.09. The standard InChI is InChI=1S/C19H25NO/c1-3-4-12-20-14-18-6-5-7-19(13-18)21-15-17-10-8-16(2)9-11-17/h5-11,13,20H,3-4,12,14-15H2,1-2H3. The zero-order valence-electron chi connectivity index (χ0n) is 13.1. The summed E-state index contributed by atoms with van der Waals surface area (Å²) < 4.78 is 5.87. The van der Waals surface area contributed by atoms with Crippen LogP contribution in [0.1, 0.15) is 36.5 Å². The molecule has 0 aliphatic heterocycles. The minimum atomic E-state index is 0.618. The molecule has 0 saturated carbocycles. The van der Waals surface area contributed by atoms with E-state index in [0.717, 1.165) is 18.8 Å². The molecule has 1 N–H and O–H groups in total. The van der Waals surface area contributed by atoms with Crippen molar-refractivity contribution in [3.8, 4) is 5.75 Å². The Kier molecular flexibility index (Phi) is 6.29. The fourth-order valence-electron chi connectivity index (χ4n) is 2.13. The van der Waals surface area contributed by atoms with Gasteiger partial charge in [-0.3, -0.25) is 0 Å². The second-order valence-corrected chi connectivity index (χ2v) is 5.45. The van der Waals surface area contributed by atoms with E-state index >= 15 is 0 Å². The van der Waals surface area contributed by atoms with Crippen LogP contribution in [0.4, 0.5) is 0 Å². The molecule has 2 heteroatoms. The molecule has 0 unspecified atom stereocenters. The van der Waals surface area contributed by atoms with Gasteiger partial charge in [-0.15, -0.1) is 0 Å². The molecule has 0 heterocycles. The summed E-state index contributed by atoms with van der Waals surface area (Å²) in [5, 5.41) is 3.45. The highest BCUT2D eigenvalue weighted by atomic mass is 16.5. The Morgan fingerprint density at radius 2 is 1.81 bits per heavy atom. The number of hydrogen-bond acceptors (Lipinski definition) is 2. The van der Waals surface area contributed by atoms with Crippen LogP contribution in [0, 0.1) is 6.92 Å². The maximum atomic E-state index is 5.87. The van der Waals surface area contributed by atoms with Crippen LogP contribution in [-0.4, -0.2) is 6.54 Å². The van der Waals surface area contributed by atoms with Crippen molar-refractivity contribution in [3.05, 3.63) is 65.2 Å². The fourth-order valence-corrected chi connectivity index (χ4v) is 2.13. The highest BCUT2D eigenvalue weighted by Crippen LogP contribution is 2.15. The SMILES string of the molecule is CCCCNCc1cccc(OCc2ccc(C)cc2)c1. The molecule has 2 rings (SSSR count). The van der Waals surface area contributed by atoms with Crippen molar-refractivity contribution >= 4 is 0 Å². The van der Waals surface area contributed by atoms with Gasteiger partial charge < -0.3 is 10.1 Å². The number of aryl methyl sites for hydroxylation is 1. The maximum Gasteiger partial charge on any atom is 0.120 e. The summed E-state index contributed by atoms with van der Waals surface area (Å²) in [5.74, 6) is 0.936. The largest absolute Gasteiger partial charge is 0.489 e. The van der Waals surface area contributed by atoms with Gasteiger partial charge in [-0.05, 0) is 43.1 Å². The molecule has 112 valence electrons. The highest BCUT2D eigenvalue weighted by molar-refractivity contribution is 5.29. The summed E-state index contributed by atoms with van der Waals surface area (Å²) in [7, 11) is 0. The van der Waals surface area contributed by atoms with E-state index in [1.807, 2.05) is 6.07 Å². The first-order valence-electron chi connectivity index (χ1n) is 7.76. The van der Waals surface area contributed by atoms with Crippen LogP contribution in [0.15, 0.2) is 48.5 Å². The average molecular weight is 283 g/mol. The third-order valence-corrected chi connectivity index (χ3v) is 3.46. The van der Waals surface area contributed by atoms with Crippen LogP contribution in [0.2, 0.25) is 0 Å². The summed E-state index contributed by atoms with van der Waals surface area (Å²) in [6.45, 7) is 6.90. The summed E-state index contributed by atoms with van der Waals surface area (Å²) in [6, 6.07) is 16.8. The van der Waals surface area contributed by atoms with Crippen molar-refractivity contribution in [1.29, 1.82) is 0 Å². The molecule has 0 aliphatic carbocycles. The van der Waals surface area contributed by atoms with Crippen LogP contribution in [0.5, 0.6) is 5.75 Å². The van der Waals surface area contributed by atoms with Gasteiger partial charge in [0, 0.05) is 6.54 Å². The van der Waals surface area contributed by atoms with Gasteiger partial charge in [0.25, 0.3) is 0 Å². The zero-order valence-corrected chi connectivity index (χ0v) is 13.1. The van der Waals surface area contributed by atoms with Crippen molar-refractivity contribution in [3.63, 3.8) is 0 Å². The fraction of sp³-hybridized carbons (Fsp3) is 0.368. The minimum absolute atomic E-state index is 0.618. The molecule has 0 aliphatic rings. The van der Waals surface area contributed by atoms with E-state index in [1.165, 1.54) is 29.5 Å². The molecule has 0 amide bonds. The second-order valence-electron chi connectivity index (χ2n) is 5.45. The summed E-state index contributed by atoms with van der Waals surface area (Å²) in [5.41, 5.74) is 3.75. The van der Waals surface area contributed by atoms with Crippen molar-refractivity contribution in [2.75, 3.05) is 6.54 Å². The van der Waals surface area contributed by atoms with Crippen LogP contribution >= 0.6 is 0 Å². The molecule has 0 atom stereocenters. The first-order valence-corrected chi connectivity index (χ1v) is 7.76. The van der Waals surface area contributed by atoms with Gasteiger partial charge in [0.05, 0.1) is 0 Å². The first kappa shape index (κ1) is 15.6. The molecule has 0 aromatic heterocycles. The molecule has 0 bridgehead atoms. The molecular weight excluding hydrogens is 258 g/mol. The Morgan fingerprint density at radius 3 is 2.57 bits per heavy atom. The monoisotopic (exact) mass is 283 g/mol. The second kappa shape index (κ2) is 8.48.